The van der Waals surface area contributed by atoms with Gasteiger partial charge in [-0.25, -0.2) is 9.13 Å². The van der Waals surface area contributed by atoms with Crippen LogP contribution in [0.1, 0.15) is 31.1 Å². The van der Waals surface area contributed by atoms with E-state index in [-0.39, 0.29) is 0 Å². The fraction of sp³-hybridized carbons (Fsp3) is 0.409. The molecule has 0 saturated carbocycles. The lowest BCUT2D eigenvalue weighted by Crippen LogP contribution is -2.39. The second-order valence-electron chi connectivity index (χ2n) is 7.06. The van der Waals surface area contributed by atoms with Crippen LogP contribution in [0.5, 0.6) is 0 Å². The summed E-state index contributed by atoms with van der Waals surface area (Å²) in [5.41, 5.74) is 10.8. The third kappa shape index (κ3) is 4.15. The number of benzene rings is 2. The Morgan fingerprint density at radius 1 is 1.07 bits per heavy atom. The molecule has 0 aliphatic rings. The van der Waals surface area contributed by atoms with Gasteiger partial charge < -0.3 is 10.0 Å². The number of anilines is 1. The minimum absolute atomic E-state index is 0.438. The molecular weight excluding hydrogens is 336 g/mol. The van der Waals surface area contributed by atoms with Crippen molar-refractivity contribution >= 4 is 17.0 Å². The second kappa shape index (κ2) is 8.55. The van der Waals surface area contributed by atoms with Crippen molar-refractivity contribution in [3.63, 3.8) is 0 Å². The number of hydrogen-bond donors (Lipinski definition) is 2. The van der Waals surface area contributed by atoms with Crippen molar-refractivity contribution < 1.29 is 9.67 Å². The van der Waals surface area contributed by atoms with Crippen LogP contribution in [0, 0.1) is 6.92 Å². The molecule has 3 N–H and O–H groups in total. The van der Waals surface area contributed by atoms with Crippen molar-refractivity contribution in [2.75, 3.05) is 25.4 Å². The Labute approximate surface area is 161 Å². The highest BCUT2D eigenvalue weighted by molar-refractivity contribution is 5.73. The number of aromatic nitrogens is 2. The highest BCUT2D eigenvalue weighted by Gasteiger charge is 2.23. The van der Waals surface area contributed by atoms with Gasteiger partial charge in [0.2, 0.25) is 0 Å². The van der Waals surface area contributed by atoms with E-state index >= 15 is 0 Å². The predicted molar refractivity (Wildman–Crippen MR) is 110 cm³/mol. The number of aliphatic hydroxyl groups is 1. The molecule has 144 valence electrons. The molecule has 0 unspecified atom stereocenters. The van der Waals surface area contributed by atoms with E-state index in [1.807, 2.05) is 47.9 Å². The van der Waals surface area contributed by atoms with E-state index in [0.717, 1.165) is 42.8 Å². The highest BCUT2D eigenvalue weighted by atomic mass is 16.3. The largest absolute Gasteiger partial charge is 0.385 e. The summed E-state index contributed by atoms with van der Waals surface area (Å²) in [5.74, 6) is 0.689. The van der Waals surface area contributed by atoms with Crippen LogP contribution < -0.4 is 10.3 Å². The molecule has 0 radical (unpaired) electrons. The van der Waals surface area contributed by atoms with Crippen molar-refractivity contribution in [1.82, 2.24) is 9.47 Å². The first kappa shape index (κ1) is 19.4. The maximum absolute atomic E-state index is 10.8. The molecule has 5 nitrogen and oxygen atoms in total. The molecular formula is C22H31N4O+. The van der Waals surface area contributed by atoms with E-state index in [0.29, 0.717) is 12.5 Å². The number of nitrogens with two attached hydrogens (primary N) is 1. The summed E-state index contributed by atoms with van der Waals surface area (Å²) < 4.78 is 4.19. The summed E-state index contributed by atoms with van der Waals surface area (Å²) in [4.78, 5) is 2.39. The van der Waals surface area contributed by atoms with Gasteiger partial charge in [-0.1, -0.05) is 55.8 Å². The number of aryl methyl sites for hydroxylation is 1. The number of hydrogen-bond acceptors (Lipinski definition) is 3. The number of likely N-dealkylation sites (N-methyl/N-ethyl adjacent to an activating group) is 1. The number of aliphatic hydroxyl groups excluding tert-OH is 1. The van der Waals surface area contributed by atoms with Crippen molar-refractivity contribution in [3.8, 4) is 0 Å². The first-order valence-electron chi connectivity index (χ1n) is 9.78. The normalized spacial score (nSPS) is 12.8. The van der Waals surface area contributed by atoms with Crippen molar-refractivity contribution in [3.05, 3.63) is 59.7 Å². The average Bonchev–Trinajstić information content (AvgIpc) is 2.95. The molecule has 1 aromatic heterocycles. The van der Waals surface area contributed by atoms with E-state index in [1.54, 1.807) is 0 Å². The number of nitrogens with zero attached hydrogens (tertiary/aromatic N) is 3. The minimum atomic E-state index is -0.597. The number of imidazole rings is 1. The molecule has 2 aromatic carbocycles. The monoisotopic (exact) mass is 367 g/mol. The second-order valence-corrected chi connectivity index (χ2v) is 7.06. The molecule has 3 rings (SSSR count). The Hall–Kier alpha value is -2.37. The van der Waals surface area contributed by atoms with Gasteiger partial charge in [0.05, 0.1) is 6.54 Å². The molecule has 0 bridgehead atoms. The van der Waals surface area contributed by atoms with Crippen molar-refractivity contribution in [1.29, 1.82) is 0 Å². The van der Waals surface area contributed by atoms with E-state index in [9.17, 15) is 5.11 Å². The first-order valence-corrected chi connectivity index (χ1v) is 9.78. The van der Waals surface area contributed by atoms with Gasteiger partial charge in [0.15, 0.2) is 0 Å². The summed E-state index contributed by atoms with van der Waals surface area (Å²) in [5, 5.41) is 10.8. The van der Waals surface area contributed by atoms with Crippen LogP contribution in [0.2, 0.25) is 0 Å². The van der Waals surface area contributed by atoms with E-state index < -0.39 is 6.10 Å². The van der Waals surface area contributed by atoms with E-state index in [4.69, 9.17) is 5.73 Å². The minimum Gasteiger partial charge on any atom is -0.385 e. The topological polar surface area (TPSA) is 58.3 Å². The third-order valence-electron chi connectivity index (χ3n) is 5.37. The highest BCUT2D eigenvalue weighted by Crippen LogP contribution is 2.20. The molecule has 0 fully saturated rings. The predicted octanol–water partition coefficient (Wildman–Crippen LogP) is 2.89. The number of para-hydroxylation sites is 2. The van der Waals surface area contributed by atoms with Crippen molar-refractivity contribution in [2.24, 2.45) is 0 Å². The van der Waals surface area contributed by atoms with Gasteiger partial charge in [-0.2, -0.15) is 0 Å². The van der Waals surface area contributed by atoms with Crippen LogP contribution in [-0.4, -0.2) is 34.2 Å². The Balaban J connectivity index is 1.91. The quantitative estimate of drug-likeness (QED) is 0.602. The van der Waals surface area contributed by atoms with Crippen LogP contribution >= 0.6 is 0 Å². The Morgan fingerprint density at radius 3 is 2.41 bits per heavy atom. The zero-order chi connectivity index (χ0) is 19.4. The molecule has 1 heterocycles. The number of rotatable bonds is 8. The molecule has 5 heteroatoms. The molecule has 0 saturated heterocycles. The smallest absolute Gasteiger partial charge is 0.356 e. The lowest BCUT2D eigenvalue weighted by molar-refractivity contribution is -0.666. The summed E-state index contributed by atoms with van der Waals surface area (Å²) in [6.45, 7) is 10.7. The summed E-state index contributed by atoms with van der Waals surface area (Å²) in [6.07, 6.45) is -0.597. The van der Waals surface area contributed by atoms with Crippen LogP contribution in [0.4, 0.5) is 5.95 Å². The Morgan fingerprint density at radius 2 is 1.74 bits per heavy atom. The summed E-state index contributed by atoms with van der Waals surface area (Å²) >= 11 is 0. The Kier molecular flexibility index (Phi) is 6.14. The first-order chi connectivity index (χ1) is 13.0. The number of nitrogen functional groups attached to an aromatic ring is 1. The molecule has 0 amide bonds. The van der Waals surface area contributed by atoms with Crippen molar-refractivity contribution in [2.45, 2.75) is 40.0 Å². The zero-order valence-electron chi connectivity index (χ0n) is 16.6. The standard InChI is InChI=1S/C22H30N4O/c1-4-24(5-2)14-15-25-19-8-6-7-9-20(19)26(22(25)23)16-21(27)18-12-10-17(3)11-13-18/h6-13,21,23,27H,4-5,14-16H2,1-3H3/p+1/t21-/m1/s1. The molecule has 27 heavy (non-hydrogen) atoms. The molecule has 0 aliphatic carbocycles. The SMILES string of the molecule is CCN(CC)CCn1c(N)[n+](C[C@@H](O)c2ccc(C)cc2)c2ccccc21. The average molecular weight is 368 g/mol. The van der Waals surface area contributed by atoms with Gasteiger partial charge in [0, 0.05) is 6.54 Å². The zero-order valence-corrected chi connectivity index (χ0v) is 16.6. The van der Waals surface area contributed by atoms with Gasteiger partial charge in [-0.05, 0) is 37.7 Å². The van der Waals surface area contributed by atoms with Crippen LogP contribution in [0.15, 0.2) is 48.5 Å². The molecule has 0 spiro atoms. The molecule has 1 atom stereocenters. The fourth-order valence-corrected chi connectivity index (χ4v) is 3.59. The van der Waals surface area contributed by atoms with Crippen LogP contribution in [0.25, 0.3) is 11.0 Å². The lowest BCUT2D eigenvalue weighted by Gasteiger charge is -2.17. The molecule has 0 aliphatic heterocycles. The van der Waals surface area contributed by atoms with Gasteiger partial charge in [-0.15, -0.1) is 0 Å². The number of fused-ring (bicyclic) bond motifs is 1. The van der Waals surface area contributed by atoms with Gasteiger partial charge in [0.25, 0.3) is 0 Å². The molecule has 3 aromatic rings. The third-order valence-corrected chi connectivity index (χ3v) is 5.37. The summed E-state index contributed by atoms with van der Waals surface area (Å²) in [7, 11) is 0. The maximum atomic E-state index is 10.8. The fourth-order valence-electron chi connectivity index (χ4n) is 3.59. The van der Waals surface area contributed by atoms with Crippen LogP contribution in [-0.2, 0) is 13.1 Å². The van der Waals surface area contributed by atoms with Gasteiger partial charge in [-0.3, -0.25) is 5.73 Å². The lowest BCUT2D eigenvalue weighted by atomic mass is 10.1. The van der Waals surface area contributed by atoms with Crippen LogP contribution in [0.3, 0.4) is 0 Å². The van der Waals surface area contributed by atoms with Gasteiger partial charge in [0.1, 0.15) is 23.7 Å². The summed E-state index contributed by atoms with van der Waals surface area (Å²) in [6, 6.07) is 16.2. The maximum Gasteiger partial charge on any atom is 0.356 e. The van der Waals surface area contributed by atoms with Gasteiger partial charge >= 0.3 is 5.95 Å². The Bertz CT molecular complexity index is 881. The van der Waals surface area contributed by atoms with E-state index in [1.165, 1.54) is 5.56 Å². The van der Waals surface area contributed by atoms with E-state index in [2.05, 4.69) is 35.4 Å².